The molecule has 0 aliphatic heterocycles. The summed E-state index contributed by atoms with van der Waals surface area (Å²) >= 11 is 0. The molecule has 0 nitrogen and oxygen atoms in total. The molecule has 2 saturated carbocycles. The van der Waals surface area contributed by atoms with Crippen LogP contribution in [0.25, 0.3) is 0 Å². The fraction of sp³-hybridized carbons (Fsp3) is 0.857. The molecule has 0 N–H and O–H groups in total. The molecular formula is C14H22. The molecule has 3 aliphatic rings. The fourth-order valence-electron chi connectivity index (χ4n) is 5.20. The van der Waals surface area contributed by atoms with Crippen LogP contribution in [0.5, 0.6) is 0 Å². The first-order valence-electron chi connectivity index (χ1n) is 6.19. The molecule has 3 aliphatic carbocycles. The van der Waals surface area contributed by atoms with Crippen molar-refractivity contribution in [2.24, 2.45) is 28.6 Å². The Balaban J connectivity index is 2.12. The molecule has 4 atom stereocenters. The maximum Gasteiger partial charge on any atom is -0.00870 e. The minimum atomic E-state index is 0.661. The summed E-state index contributed by atoms with van der Waals surface area (Å²) in [4.78, 5) is 0. The highest BCUT2D eigenvalue weighted by molar-refractivity contribution is 5.33. The maximum absolute atomic E-state index is 2.59. The van der Waals surface area contributed by atoms with E-state index in [1.165, 1.54) is 19.3 Å². The van der Waals surface area contributed by atoms with Gasteiger partial charge in [-0.05, 0) is 54.8 Å². The summed E-state index contributed by atoms with van der Waals surface area (Å²) < 4.78 is 0. The molecule has 0 aromatic heterocycles. The van der Waals surface area contributed by atoms with Gasteiger partial charge in [0.05, 0.1) is 0 Å². The van der Waals surface area contributed by atoms with E-state index in [1.54, 1.807) is 5.57 Å². The highest BCUT2D eigenvalue weighted by Crippen LogP contribution is 2.75. The summed E-state index contributed by atoms with van der Waals surface area (Å²) in [6, 6.07) is 0. The molecule has 0 aromatic carbocycles. The van der Waals surface area contributed by atoms with Crippen LogP contribution in [0.2, 0.25) is 0 Å². The van der Waals surface area contributed by atoms with Gasteiger partial charge in [-0.15, -0.1) is 0 Å². The van der Waals surface area contributed by atoms with Crippen molar-refractivity contribution in [1.29, 1.82) is 0 Å². The zero-order valence-electron chi connectivity index (χ0n) is 9.93. The Morgan fingerprint density at radius 2 is 2.07 bits per heavy atom. The molecule has 0 spiro atoms. The van der Waals surface area contributed by atoms with Crippen molar-refractivity contribution >= 4 is 0 Å². The monoisotopic (exact) mass is 190 g/mol. The van der Waals surface area contributed by atoms with Crippen molar-refractivity contribution in [3.05, 3.63) is 11.6 Å². The lowest BCUT2D eigenvalue weighted by molar-refractivity contribution is 0.145. The normalized spacial score (nSPS) is 54.5. The molecule has 2 fully saturated rings. The number of hydrogen-bond acceptors (Lipinski definition) is 0. The van der Waals surface area contributed by atoms with Gasteiger partial charge in [-0.2, -0.15) is 0 Å². The van der Waals surface area contributed by atoms with E-state index in [4.69, 9.17) is 0 Å². The van der Waals surface area contributed by atoms with Gasteiger partial charge in [-0.1, -0.05) is 32.4 Å². The third-order valence-corrected chi connectivity index (χ3v) is 5.88. The van der Waals surface area contributed by atoms with Gasteiger partial charge in [0.25, 0.3) is 0 Å². The minimum absolute atomic E-state index is 0.661. The second-order valence-electron chi connectivity index (χ2n) is 6.55. The van der Waals surface area contributed by atoms with Crippen LogP contribution >= 0.6 is 0 Å². The first kappa shape index (κ1) is 9.00. The maximum atomic E-state index is 2.59. The van der Waals surface area contributed by atoms with Crippen LogP contribution in [-0.2, 0) is 0 Å². The lowest BCUT2D eigenvalue weighted by Gasteiger charge is -2.39. The predicted molar refractivity (Wildman–Crippen MR) is 60.0 cm³/mol. The highest BCUT2D eigenvalue weighted by atomic mass is 14.7. The van der Waals surface area contributed by atoms with Crippen molar-refractivity contribution < 1.29 is 0 Å². The molecule has 0 saturated heterocycles. The second-order valence-corrected chi connectivity index (χ2v) is 6.55. The number of rotatable bonds is 1. The van der Waals surface area contributed by atoms with Crippen LogP contribution < -0.4 is 0 Å². The van der Waals surface area contributed by atoms with Crippen molar-refractivity contribution in [1.82, 2.24) is 0 Å². The summed E-state index contributed by atoms with van der Waals surface area (Å²) in [5.74, 6) is 2.73. The average molecular weight is 190 g/mol. The quantitative estimate of drug-likeness (QED) is 0.548. The Bertz CT molecular complexity index is 312. The van der Waals surface area contributed by atoms with Gasteiger partial charge in [-0.25, -0.2) is 0 Å². The average Bonchev–Trinajstić information content (AvgIpc) is 2.62. The van der Waals surface area contributed by atoms with Crippen LogP contribution in [0.1, 0.15) is 47.0 Å². The Morgan fingerprint density at radius 3 is 2.57 bits per heavy atom. The van der Waals surface area contributed by atoms with Crippen LogP contribution in [0, 0.1) is 28.6 Å². The summed E-state index contributed by atoms with van der Waals surface area (Å²) in [7, 11) is 0. The SMILES string of the molecule is CC1=C[C@@H]2C[C@@]3(C(C)C)CC[C@]2(C)[C@@H]13. The number of hydrogen-bond donors (Lipinski definition) is 0. The summed E-state index contributed by atoms with van der Waals surface area (Å²) in [6.07, 6.45) is 7.05. The van der Waals surface area contributed by atoms with Gasteiger partial charge in [0.1, 0.15) is 0 Å². The lowest BCUT2D eigenvalue weighted by Crippen LogP contribution is -2.31. The number of allylic oxidation sites excluding steroid dienone is 2. The summed E-state index contributed by atoms with van der Waals surface area (Å²) in [5, 5.41) is 0. The highest BCUT2D eigenvalue weighted by Gasteiger charge is 2.67. The molecule has 0 unspecified atom stereocenters. The van der Waals surface area contributed by atoms with Crippen molar-refractivity contribution in [3.63, 3.8) is 0 Å². The summed E-state index contributed by atoms with van der Waals surface area (Å²) in [6.45, 7) is 9.82. The smallest absolute Gasteiger partial charge is 0.00870 e. The second kappa shape index (κ2) is 2.28. The lowest BCUT2D eigenvalue weighted by atomic mass is 9.65. The Morgan fingerprint density at radius 1 is 1.36 bits per heavy atom. The zero-order chi connectivity index (χ0) is 10.1. The molecule has 3 rings (SSSR count). The molecule has 0 aromatic rings. The fourth-order valence-corrected chi connectivity index (χ4v) is 5.20. The van der Waals surface area contributed by atoms with E-state index in [-0.39, 0.29) is 0 Å². The first-order valence-corrected chi connectivity index (χ1v) is 6.19. The van der Waals surface area contributed by atoms with E-state index in [9.17, 15) is 0 Å². The Kier molecular flexibility index (Phi) is 1.47. The van der Waals surface area contributed by atoms with E-state index in [2.05, 4.69) is 33.8 Å². The molecule has 78 valence electrons. The molecule has 14 heavy (non-hydrogen) atoms. The van der Waals surface area contributed by atoms with E-state index in [0.29, 0.717) is 10.8 Å². The van der Waals surface area contributed by atoms with Crippen molar-refractivity contribution in [2.75, 3.05) is 0 Å². The van der Waals surface area contributed by atoms with Crippen LogP contribution in [0.4, 0.5) is 0 Å². The Labute approximate surface area is 87.8 Å². The molecule has 0 heteroatoms. The van der Waals surface area contributed by atoms with Crippen LogP contribution in [-0.4, -0.2) is 0 Å². The van der Waals surface area contributed by atoms with Gasteiger partial charge in [0.15, 0.2) is 0 Å². The van der Waals surface area contributed by atoms with Crippen LogP contribution in [0.3, 0.4) is 0 Å². The third kappa shape index (κ3) is 0.708. The predicted octanol–water partition coefficient (Wildman–Crippen LogP) is 4.02. The van der Waals surface area contributed by atoms with Gasteiger partial charge in [0, 0.05) is 0 Å². The van der Waals surface area contributed by atoms with Gasteiger partial charge < -0.3 is 0 Å². The molecular weight excluding hydrogens is 168 g/mol. The van der Waals surface area contributed by atoms with Gasteiger partial charge in [0.2, 0.25) is 0 Å². The Hall–Kier alpha value is -0.260. The van der Waals surface area contributed by atoms with E-state index in [1.807, 2.05) is 0 Å². The summed E-state index contributed by atoms with van der Waals surface area (Å²) in [5.41, 5.74) is 3.07. The molecule has 0 amide bonds. The largest absolute Gasteiger partial charge is 0.0816 e. The third-order valence-electron chi connectivity index (χ3n) is 5.88. The van der Waals surface area contributed by atoms with E-state index >= 15 is 0 Å². The van der Waals surface area contributed by atoms with Crippen molar-refractivity contribution in [2.45, 2.75) is 47.0 Å². The van der Waals surface area contributed by atoms with Gasteiger partial charge >= 0.3 is 0 Å². The standard InChI is InChI=1S/C14H22/c1-9(2)14-6-5-13(4)11(8-14)7-10(3)12(13)14/h7,9,11-12H,5-6,8H2,1-4H3/t11-,12-,13+,14-/m1/s1. The molecule has 0 radical (unpaired) electrons. The zero-order valence-corrected chi connectivity index (χ0v) is 9.93. The first-order chi connectivity index (χ1) is 6.51. The van der Waals surface area contributed by atoms with E-state index in [0.717, 1.165) is 17.8 Å². The molecule has 4 bridgehead atoms. The van der Waals surface area contributed by atoms with E-state index < -0.39 is 0 Å². The van der Waals surface area contributed by atoms with Crippen molar-refractivity contribution in [3.8, 4) is 0 Å². The minimum Gasteiger partial charge on any atom is -0.0816 e. The van der Waals surface area contributed by atoms with Crippen LogP contribution in [0.15, 0.2) is 11.6 Å². The molecule has 0 heterocycles. The topological polar surface area (TPSA) is 0 Å². The van der Waals surface area contributed by atoms with Gasteiger partial charge in [-0.3, -0.25) is 0 Å².